The summed E-state index contributed by atoms with van der Waals surface area (Å²) in [5.74, 6) is 0. The van der Waals surface area contributed by atoms with Gasteiger partial charge in [-0.15, -0.1) is 0 Å². The maximum atomic E-state index is 2.43. The van der Waals surface area contributed by atoms with E-state index in [0.717, 1.165) is 22.7 Å². The van der Waals surface area contributed by atoms with Crippen LogP contribution in [0, 0.1) is 0 Å². The molecule has 1 heterocycles. The number of para-hydroxylation sites is 2. The van der Waals surface area contributed by atoms with Crippen molar-refractivity contribution in [1.29, 1.82) is 0 Å². The summed E-state index contributed by atoms with van der Waals surface area (Å²) in [4.78, 5) is 2.43. The van der Waals surface area contributed by atoms with E-state index in [2.05, 4.69) is 240 Å². The molecule has 0 saturated carbocycles. The van der Waals surface area contributed by atoms with Crippen molar-refractivity contribution in [3.05, 3.63) is 231 Å². The third-order valence-electron chi connectivity index (χ3n) is 11.5. The molecule has 272 valence electrons. The van der Waals surface area contributed by atoms with E-state index in [1.165, 1.54) is 76.7 Å². The van der Waals surface area contributed by atoms with Crippen molar-refractivity contribution in [1.82, 2.24) is 4.57 Å². The van der Waals surface area contributed by atoms with Crippen LogP contribution in [-0.4, -0.2) is 4.57 Å². The fourth-order valence-corrected chi connectivity index (χ4v) is 8.68. The first-order valence-corrected chi connectivity index (χ1v) is 19.9. The van der Waals surface area contributed by atoms with Crippen LogP contribution in [-0.2, 0) is 0 Å². The minimum atomic E-state index is 1.10. The van der Waals surface area contributed by atoms with Gasteiger partial charge in [-0.3, -0.25) is 0 Å². The second-order valence-corrected chi connectivity index (χ2v) is 15.0. The molecule has 0 fully saturated rings. The average molecular weight is 739 g/mol. The number of hydrogen-bond donors (Lipinski definition) is 0. The van der Waals surface area contributed by atoms with Crippen molar-refractivity contribution in [2.45, 2.75) is 0 Å². The van der Waals surface area contributed by atoms with E-state index in [4.69, 9.17) is 0 Å². The van der Waals surface area contributed by atoms with E-state index in [9.17, 15) is 0 Å². The van der Waals surface area contributed by atoms with Crippen molar-refractivity contribution < 1.29 is 0 Å². The Morgan fingerprint density at radius 3 is 1.53 bits per heavy atom. The topological polar surface area (TPSA) is 8.17 Å². The Bertz CT molecular complexity index is 3250. The van der Waals surface area contributed by atoms with E-state index in [1.54, 1.807) is 0 Å². The Kier molecular flexibility index (Phi) is 8.19. The van der Waals surface area contributed by atoms with Crippen molar-refractivity contribution in [2.24, 2.45) is 0 Å². The van der Waals surface area contributed by atoms with Gasteiger partial charge in [0.2, 0.25) is 0 Å². The van der Waals surface area contributed by atoms with Gasteiger partial charge in [0.1, 0.15) is 0 Å². The van der Waals surface area contributed by atoms with Crippen LogP contribution in [0.25, 0.3) is 82.4 Å². The molecule has 0 radical (unpaired) electrons. The highest BCUT2D eigenvalue weighted by molar-refractivity contribution is 6.16. The Labute approximate surface area is 338 Å². The van der Waals surface area contributed by atoms with E-state index < -0.39 is 0 Å². The predicted octanol–water partition coefficient (Wildman–Crippen LogP) is 15.6. The molecule has 0 aliphatic heterocycles. The standard InChI is InChI=1S/C56H38N2/c1-3-12-39(13-4-1)41-30-33-50(34-31-41)57(54-20-11-21-55-56(54)52-18-9-10-19-53(52)58(55)49-16-5-2-6-17-49)51-35-32-44-27-29-47(37-48(44)38-51)43-24-22-42(23-25-43)46-28-26-40-14-7-8-15-45(40)36-46/h1-38H. The first-order chi connectivity index (χ1) is 28.7. The van der Waals surface area contributed by atoms with Gasteiger partial charge in [0.15, 0.2) is 0 Å². The van der Waals surface area contributed by atoms with Crippen LogP contribution >= 0.6 is 0 Å². The molecular formula is C56H38N2. The number of fused-ring (bicyclic) bond motifs is 5. The fraction of sp³-hybridized carbons (Fsp3) is 0. The van der Waals surface area contributed by atoms with Crippen molar-refractivity contribution in [2.75, 3.05) is 4.90 Å². The summed E-state index contributed by atoms with van der Waals surface area (Å²) in [6, 6.07) is 83.7. The zero-order valence-corrected chi connectivity index (χ0v) is 31.8. The van der Waals surface area contributed by atoms with E-state index in [-0.39, 0.29) is 0 Å². The summed E-state index contributed by atoms with van der Waals surface area (Å²) in [6.07, 6.45) is 0. The highest BCUT2D eigenvalue weighted by atomic mass is 15.1. The lowest BCUT2D eigenvalue weighted by atomic mass is 9.97. The van der Waals surface area contributed by atoms with Crippen LogP contribution in [0.2, 0.25) is 0 Å². The van der Waals surface area contributed by atoms with Crippen molar-refractivity contribution >= 4 is 60.4 Å². The van der Waals surface area contributed by atoms with Crippen LogP contribution < -0.4 is 4.90 Å². The summed E-state index contributed by atoms with van der Waals surface area (Å²) < 4.78 is 2.39. The number of hydrogen-bond acceptors (Lipinski definition) is 1. The molecule has 11 aromatic rings. The third-order valence-corrected chi connectivity index (χ3v) is 11.5. The zero-order chi connectivity index (χ0) is 38.4. The van der Waals surface area contributed by atoms with Crippen LogP contribution in [0.1, 0.15) is 0 Å². The van der Waals surface area contributed by atoms with E-state index in [0.29, 0.717) is 0 Å². The lowest BCUT2D eigenvalue weighted by Gasteiger charge is -2.27. The maximum Gasteiger partial charge on any atom is 0.0562 e. The molecule has 0 unspecified atom stereocenters. The van der Waals surface area contributed by atoms with Crippen LogP contribution in [0.5, 0.6) is 0 Å². The molecule has 10 aromatic carbocycles. The van der Waals surface area contributed by atoms with Gasteiger partial charge in [-0.2, -0.15) is 0 Å². The summed E-state index contributed by atoms with van der Waals surface area (Å²) in [5.41, 5.74) is 14.1. The lowest BCUT2D eigenvalue weighted by Crippen LogP contribution is -2.10. The molecule has 0 spiro atoms. The highest BCUT2D eigenvalue weighted by Gasteiger charge is 2.21. The second-order valence-electron chi connectivity index (χ2n) is 15.0. The van der Waals surface area contributed by atoms with Crippen molar-refractivity contribution in [3.8, 4) is 39.1 Å². The molecule has 2 nitrogen and oxygen atoms in total. The van der Waals surface area contributed by atoms with E-state index >= 15 is 0 Å². The van der Waals surface area contributed by atoms with Gasteiger partial charge < -0.3 is 9.47 Å². The highest BCUT2D eigenvalue weighted by Crippen LogP contribution is 2.45. The third kappa shape index (κ3) is 5.91. The molecule has 0 amide bonds. The fourth-order valence-electron chi connectivity index (χ4n) is 8.68. The summed E-state index contributed by atoms with van der Waals surface area (Å²) in [7, 11) is 0. The average Bonchev–Trinajstić information content (AvgIpc) is 3.65. The number of benzene rings is 10. The zero-order valence-electron chi connectivity index (χ0n) is 31.8. The molecule has 2 heteroatoms. The van der Waals surface area contributed by atoms with Gasteiger partial charge in [-0.05, 0) is 122 Å². The summed E-state index contributed by atoms with van der Waals surface area (Å²) in [6.45, 7) is 0. The summed E-state index contributed by atoms with van der Waals surface area (Å²) >= 11 is 0. The molecule has 0 bridgehead atoms. The van der Waals surface area contributed by atoms with Crippen LogP contribution in [0.15, 0.2) is 231 Å². The van der Waals surface area contributed by atoms with Crippen LogP contribution in [0.4, 0.5) is 17.1 Å². The Morgan fingerprint density at radius 1 is 0.293 bits per heavy atom. The first-order valence-electron chi connectivity index (χ1n) is 19.9. The molecule has 1 aromatic heterocycles. The Balaban J connectivity index is 1.05. The Morgan fingerprint density at radius 2 is 0.793 bits per heavy atom. The molecular weight excluding hydrogens is 701 g/mol. The normalized spacial score (nSPS) is 11.4. The number of rotatable bonds is 7. The van der Waals surface area contributed by atoms with Gasteiger partial charge in [-0.1, -0.05) is 164 Å². The molecule has 0 saturated heterocycles. The largest absolute Gasteiger partial charge is 0.310 e. The molecule has 0 atom stereocenters. The quantitative estimate of drug-likeness (QED) is 0.158. The number of nitrogens with zero attached hydrogens (tertiary/aromatic N) is 2. The predicted molar refractivity (Wildman–Crippen MR) is 247 cm³/mol. The van der Waals surface area contributed by atoms with E-state index in [1.807, 2.05) is 0 Å². The molecule has 58 heavy (non-hydrogen) atoms. The first kappa shape index (κ1) is 33.6. The van der Waals surface area contributed by atoms with Gasteiger partial charge in [-0.25, -0.2) is 0 Å². The Hall–Kier alpha value is -7.68. The van der Waals surface area contributed by atoms with Gasteiger partial charge in [0.25, 0.3) is 0 Å². The molecule has 11 rings (SSSR count). The number of aromatic nitrogens is 1. The molecule has 0 N–H and O–H groups in total. The van der Waals surface area contributed by atoms with Gasteiger partial charge in [0.05, 0.1) is 16.7 Å². The maximum absolute atomic E-state index is 2.43. The van der Waals surface area contributed by atoms with Gasteiger partial charge >= 0.3 is 0 Å². The molecule has 0 aliphatic rings. The number of anilines is 3. The SMILES string of the molecule is c1ccc(-c2ccc(N(c3ccc4ccc(-c5ccc(-c6ccc7ccccc7c6)cc5)cc4c3)c3cccc4c3c3ccccc3n4-c3ccccc3)cc2)cc1. The smallest absolute Gasteiger partial charge is 0.0562 e. The van der Waals surface area contributed by atoms with Crippen LogP contribution in [0.3, 0.4) is 0 Å². The minimum Gasteiger partial charge on any atom is -0.310 e. The monoisotopic (exact) mass is 738 g/mol. The minimum absolute atomic E-state index is 1.10. The second kappa shape index (κ2) is 14.1. The van der Waals surface area contributed by atoms with Crippen molar-refractivity contribution in [3.63, 3.8) is 0 Å². The van der Waals surface area contributed by atoms with Gasteiger partial charge in [0, 0.05) is 27.8 Å². The molecule has 0 aliphatic carbocycles. The lowest BCUT2D eigenvalue weighted by molar-refractivity contribution is 1.18. The summed E-state index contributed by atoms with van der Waals surface area (Å²) in [5, 5.41) is 7.36.